The Morgan fingerprint density at radius 3 is 2.50 bits per heavy atom. The predicted octanol–water partition coefficient (Wildman–Crippen LogP) is 1.58. The second-order valence-electron chi connectivity index (χ2n) is 2.43. The molecular formula is C9H14O. The first kappa shape index (κ1) is 9.26. The van der Waals surface area contributed by atoms with Gasteiger partial charge in [0.25, 0.3) is 0 Å². The van der Waals surface area contributed by atoms with E-state index in [2.05, 4.69) is 5.92 Å². The predicted molar refractivity (Wildman–Crippen MR) is 43.4 cm³/mol. The minimum absolute atomic E-state index is 0.0869. The Hall–Kier alpha value is -0.740. The molecule has 0 bridgehead atoms. The van der Waals surface area contributed by atoms with Crippen LogP contribution >= 0.6 is 0 Å². The van der Waals surface area contributed by atoms with Crippen LogP contribution in [0.15, 0.2) is 11.6 Å². The lowest BCUT2D eigenvalue weighted by atomic mass is 9.99. The van der Waals surface area contributed by atoms with Crippen molar-refractivity contribution in [1.29, 1.82) is 0 Å². The fourth-order valence-electron chi connectivity index (χ4n) is 0.656. The van der Waals surface area contributed by atoms with Gasteiger partial charge in [-0.1, -0.05) is 6.08 Å². The van der Waals surface area contributed by atoms with Crippen LogP contribution in [0.1, 0.15) is 20.8 Å². The van der Waals surface area contributed by atoms with E-state index in [1.54, 1.807) is 0 Å². The Balaban J connectivity index is 4.11. The molecule has 0 aliphatic heterocycles. The van der Waals surface area contributed by atoms with Crippen molar-refractivity contribution in [2.24, 2.45) is 5.92 Å². The summed E-state index contributed by atoms with van der Waals surface area (Å²) in [7, 11) is 0. The van der Waals surface area contributed by atoms with Crippen LogP contribution in [0.5, 0.6) is 0 Å². The first-order chi connectivity index (χ1) is 4.63. The Morgan fingerprint density at radius 2 is 2.20 bits per heavy atom. The van der Waals surface area contributed by atoms with Gasteiger partial charge in [-0.2, -0.15) is 0 Å². The van der Waals surface area contributed by atoms with E-state index in [1.807, 2.05) is 26.8 Å². The maximum atomic E-state index is 9.38. The number of aliphatic hydroxyl groups is 1. The van der Waals surface area contributed by atoms with Crippen LogP contribution in [-0.4, -0.2) is 11.2 Å². The number of terminal acetylenes is 1. The van der Waals surface area contributed by atoms with Gasteiger partial charge < -0.3 is 5.11 Å². The topological polar surface area (TPSA) is 20.2 Å². The summed E-state index contributed by atoms with van der Waals surface area (Å²) in [5.41, 5.74) is 0.936. The SMILES string of the molecule is C#CC(C)C(O)/C(C)=C/C. The van der Waals surface area contributed by atoms with E-state index in [1.165, 1.54) is 0 Å². The van der Waals surface area contributed by atoms with Gasteiger partial charge in [-0.3, -0.25) is 0 Å². The molecule has 0 spiro atoms. The normalized spacial score (nSPS) is 17.7. The zero-order chi connectivity index (χ0) is 8.15. The molecule has 0 aromatic heterocycles. The Bertz CT molecular complexity index is 162. The average Bonchev–Trinajstić information content (AvgIpc) is 2.00. The van der Waals surface area contributed by atoms with Gasteiger partial charge in [0.1, 0.15) is 0 Å². The summed E-state index contributed by atoms with van der Waals surface area (Å²) in [6, 6.07) is 0. The second kappa shape index (κ2) is 4.14. The van der Waals surface area contributed by atoms with Crippen LogP contribution in [0.25, 0.3) is 0 Å². The molecule has 0 saturated carbocycles. The first-order valence-corrected chi connectivity index (χ1v) is 3.40. The lowest BCUT2D eigenvalue weighted by Gasteiger charge is -2.13. The number of allylic oxidation sites excluding steroid dienone is 1. The minimum atomic E-state index is -0.477. The van der Waals surface area contributed by atoms with Gasteiger partial charge >= 0.3 is 0 Å². The largest absolute Gasteiger partial charge is 0.387 e. The zero-order valence-electron chi connectivity index (χ0n) is 6.76. The highest BCUT2D eigenvalue weighted by Gasteiger charge is 2.11. The molecule has 0 aliphatic rings. The lowest BCUT2D eigenvalue weighted by molar-refractivity contribution is 0.177. The van der Waals surface area contributed by atoms with Gasteiger partial charge in [0, 0.05) is 5.92 Å². The Morgan fingerprint density at radius 1 is 1.70 bits per heavy atom. The van der Waals surface area contributed by atoms with Crippen LogP contribution in [0, 0.1) is 18.3 Å². The van der Waals surface area contributed by atoms with E-state index >= 15 is 0 Å². The number of aliphatic hydroxyl groups excluding tert-OH is 1. The van der Waals surface area contributed by atoms with E-state index in [0.717, 1.165) is 5.57 Å². The number of rotatable bonds is 2. The van der Waals surface area contributed by atoms with Gasteiger partial charge in [-0.05, 0) is 26.3 Å². The first-order valence-electron chi connectivity index (χ1n) is 3.40. The van der Waals surface area contributed by atoms with Crippen molar-refractivity contribution in [3.63, 3.8) is 0 Å². The van der Waals surface area contributed by atoms with Crippen LogP contribution in [-0.2, 0) is 0 Å². The van der Waals surface area contributed by atoms with Gasteiger partial charge in [0.15, 0.2) is 0 Å². The second-order valence-corrected chi connectivity index (χ2v) is 2.43. The molecule has 1 nitrogen and oxygen atoms in total. The van der Waals surface area contributed by atoms with Gasteiger partial charge in [-0.15, -0.1) is 12.3 Å². The molecule has 0 amide bonds. The Kier molecular flexibility index (Phi) is 3.83. The monoisotopic (exact) mass is 138 g/mol. The van der Waals surface area contributed by atoms with E-state index < -0.39 is 6.10 Å². The molecule has 0 aromatic carbocycles. The third-order valence-electron chi connectivity index (χ3n) is 1.66. The highest BCUT2D eigenvalue weighted by atomic mass is 16.3. The summed E-state index contributed by atoms with van der Waals surface area (Å²) >= 11 is 0. The quantitative estimate of drug-likeness (QED) is 0.453. The van der Waals surface area contributed by atoms with Gasteiger partial charge in [0.2, 0.25) is 0 Å². The van der Waals surface area contributed by atoms with Crippen molar-refractivity contribution in [1.82, 2.24) is 0 Å². The van der Waals surface area contributed by atoms with Crippen molar-refractivity contribution in [3.05, 3.63) is 11.6 Å². The van der Waals surface area contributed by atoms with Gasteiger partial charge in [-0.25, -0.2) is 0 Å². The molecule has 0 aromatic rings. The van der Waals surface area contributed by atoms with Crippen molar-refractivity contribution < 1.29 is 5.11 Å². The molecule has 10 heavy (non-hydrogen) atoms. The highest BCUT2D eigenvalue weighted by Crippen LogP contribution is 2.10. The summed E-state index contributed by atoms with van der Waals surface area (Å²) in [5.74, 6) is 2.40. The number of hydrogen-bond acceptors (Lipinski definition) is 1. The lowest BCUT2D eigenvalue weighted by Crippen LogP contribution is -2.16. The molecular weight excluding hydrogens is 124 g/mol. The van der Waals surface area contributed by atoms with Crippen LogP contribution in [0.3, 0.4) is 0 Å². The van der Waals surface area contributed by atoms with E-state index in [-0.39, 0.29) is 5.92 Å². The van der Waals surface area contributed by atoms with Crippen LogP contribution < -0.4 is 0 Å². The molecule has 0 heterocycles. The molecule has 56 valence electrons. The molecule has 0 rings (SSSR count). The average molecular weight is 138 g/mol. The number of hydrogen-bond donors (Lipinski definition) is 1. The maximum Gasteiger partial charge on any atom is 0.0881 e. The smallest absolute Gasteiger partial charge is 0.0881 e. The van der Waals surface area contributed by atoms with E-state index in [4.69, 9.17) is 6.42 Å². The summed E-state index contributed by atoms with van der Waals surface area (Å²) in [6.45, 7) is 5.60. The maximum absolute atomic E-state index is 9.38. The highest BCUT2D eigenvalue weighted by molar-refractivity contribution is 5.10. The van der Waals surface area contributed by atoms with E-state index in [9.17, 15) is 5.11 Å². The zero-order valence-corrected chi connectivity index (χ0v) is 6.76. The fraction of sp³-hybridized carbons (Fsp3) is 0.556. The summed E-state index contributed by atoms with van der Waals surface area (Å²) in [6.07, 6.45) is 6.52. The van der Waals surface area contributed by atoms with Crippen molar-refractivity contribution >= 4 is 0 Å². The summed E-state index contributed by atoms with van der Waals surface area (Å²) < 4.78 is 0. The molecule has 0 fully saturated rings. The third-order valence-corrected chi connectivity index (χ3v) is 1.66. The molecule has 1 heteroatoms. The molecule has 0 radical (unpaired) electrons. The molecule has 0 saturated heterocycles. The molecule has 2 unspecified atom stereocenters. The minimum Gasteiger partial charge on any atom is -0.387 e. The molecule has 2 atom stereocenters. The van der Waals surface area contributed by atoms with Crippen LogP contribution in [0.2, 0.25) is 0 Å². The van der Waals surface area contributed by atoms with Crippen molar-refractivity contribution in [2.45, 2.75) is 26.9 Å². The summed E-state index contributed by atoms with van der Waals surface area (Å²) in [4.78, 5) is 0. The third kappa shape index (κ3) is 2.24. The Labute approximate surface area is 62.8 Å². The van der Waals surface area contributed by atoms with Crippen LogP contribution in [0.4, 0.5) is 0 Å². The summed E-state index contributed by atoms with van der Waals surface area (Å²) in [5, 5.41) is 9.38. The van der Waals surface area contributed by atoms with Gasteiger partial charge in [0.05, 0.1) is 6.10 Å². The van der Waals surface area contributed by atoms with Crippen molar-refractivity contribution in [2.75, 3.05) is 0 Å². The standard InChI is InChI=1S/C9H14O/c1-5-7(3)9(10)8(4)6-2/h1,6-7,9-10H,2-4H3/b8-6+. The van der Waals surface area contributed by atoms with Crippen molar-refractivity contribution in [3.8, 4) is 12.3 Å². The fourth-order valence-corrected chi connectivity index (χ4v) is 0.656. The molecule has 0 aliphatic carbocycles. The van der Waals surface area contributed by atoms with E-state index in [0.29, 0.717) is 0 Å². The molecule has 1 N–H and O–H groups in total.